The average Bonchev–Trinajstić information content (AvgIpc) is 2.87. The van der Waals surface area contributed by atoms with Crippen molar-refractivity contribution < 1.29 is 10.9 Å². The molecule has 0 saturated carbocycles. The molecule has 6 rings (SSSR count). The Kier molecular flexibility index (Phi) is 5.51. The Morgan fingerprint density at radius 3 is 1.63 bits per heavy atom. The maximum absolute atomic E-state index is 13.9. The average molecular weight is 590 g/mol. The standard InChI is InChI=1S/C30H23IO3S/c1-20-6-14-25(15-7-20)31(26-16-8-21(2)9-17-26)34-35(32,33)28-19-13-24-11-10-22-4-3-5-23-12-18-27(28)30(24)29(22)23/h3-19H,1-2H3. The van der Waals surface area contributed by atoms with Gasteiger partial charge in [-0.3, -0.25) is 0 Å². The summed E-state index contributed by atoms with van der Waals surface area (Å²) in [7, 11) is -4.03. The Morgan fingerprint density at radius 2 is 1.06 bits per heavy atom. The van der Waals surface area contributed by atoms with Gasteiger partial charge in [0.2, 0.25) is 0 Å². The summed E-state index contributed by atoms with van der Waals surface area (Å²) in [5, 5.41) is 5.99. The molecule has 0 aromatic heterocycles. The van der Waals surface area contributed by atoms with Crippen molar-refractivity contribution in [1.82, 2.24) is 0 Å². The SMILES string of the molecule is Cc1ccc(I(OS(=O)(=O)c2ccc3ccc4cccc5ccc2c3c45)c2ccc(C)cc2)cc1. The third-order valence-electron chi connectivity index (χ3n) is 6.32. The second-order valence-corrected chi connectivity index (χ2v) is 15.2. The molecule has 0 fully saturated rings. The van der Waals surface area contributed by atoms with Crippen LogP contribution in [0.2, 0.25) is 0 Å². The fourth-order valence-electron chi connectivity index (χ4n) is 4.54. The van der Waals surface area contributed by atoms with Crippen LogP contribution in [-0.4, -0.2) is 8.42 Å². The zero-order valence-corrected chi connectivity index (χ0v) is 22.3. The summed E-state index contributed by atoms with van der Waals surface area (Å²) >= 11 is -2.75. The van der Waals surface area contributed by atoms with Gasteiger partial charge in [0.15, 0.2) is 0 Å². The minimum atomic E-state index is -4.03. The second kappa shape index (κ2) is 8.59. The molecule has 0 N–H and O–H groups in total. The third kappa shape index (κ3) is 3.97. The molecule has 0 heterocycles. The minimum absolute atomic E-state index is 0.227. The Balaban J connectivity index is 1.52. The van der Waals surface area contributed by atoms with E-state index in [9.17, 15) is 8.42 Å². The summed E-state index contributed by atoms with van der Waals surface area (Å²) in [5.74, 6) is 0. The van der Waals surface area contributed by atoms with E-state index >= 15 is 0 Å². The van der Waals surface area contributed by atoms with Crippen LogP contribution in [0.15, 0.2) is 108 Å². The molecule has 3 nitrogen and oxygen atoms in total. The molecule has 0 atom stereocenters. The van der Waals surface area contributed by atoms with Crippen LogP contribution in [0, 0.1) is 21.0 Å². The van der Waals surface area contributed by atoms with Gasteiger partial charge in [0.1, 0.15) is 0 Å². The van der Waals surface area contributed by atoms with Gasteiger partial charge in [-0.2, -0.15) is 0 Å². The van der Waals surface area contributed by atoms with Crippen molar-refractivity contribution in [2.75, 3.05) is 0 Å². The second-order valence-electron chi connectivity index (χ2n) is 8.78. The molecule has 0 spiro atoms. The van der Waals surface area contributed by atoms with Gasteiger partial charge in [-0.25, -0.2) is 0 Å². The molecule has 0 aliphatic heterocycles. The van der Waals surface area contributed by atoms with Crippen LogP contribution in [0.3, 0.4) is 0 Å². The van der Waals surface area contributed by atoms with Crippen LogP contribution >= 0.6 is 20.2 Å². The number of aryl methyl sites for hydroxylation is 2. The van der Waals surface area contributed by atoms with E-state index in [2.05, 4.69) is 24.3 Å². The van der Waals surface area contributed by atoms with Crippen LogP contribution in [0.5, 0.6) is 0 Å². The monoisotopic (exact) mass is 590 g/mol. The molecule has 174 valence electrons. The summed E-state index contributed by atoms with van der Waals surface area (Å²) in [5.41, 5.74) is 2.26. The van der Waals surface area contributed by atoms with Crippen molar-refractivity contribution in [3.63, 3.8) is 0 Å². The molecule has 35 heavy (non-hydrogen) atoms. The van der Waals surface area contributed by atoms with E-state index in [1.165, 1.54) is 0 Å². The Bertz CT molecular complexity index is 1730. The van der Waals surface area contributed by atoms with Crippen molar-refractivity contribution in [3.05, 3.63) is 121 Å². The molecule has 0 radical (unpaired) electrons. The molecule has 0 saturated heterocycles. The molecule has 6 aromatic rings. The molecule has 0 aliphatic rings. The fraction of sp³-hybridized carbons (Fsp3) is 0.0667. The van der Waals surface area contributed by atoms with Gasteiger partial charge in [-0.1, -0.05) is 0 Å². The van der Waals surface area contributed by atoms with Crippen molar-refractivity contribution in [2.24, 2.45) is 0 Å². The molecule has 0 amide bonds. The van der Waals surface area contributed by atoms with Gasteiger partial charge in [-0.15, -0.1) is 0 Å². The molecule has 0 bridgehead atoms. The van der Waals surface area contributed by atoms with Gasteiger partial charge in [-0.05, 0) is 0 Å². The van der Waals surface area contributed by atoms with Crippen molar-refractivity contribution >= 4 is 62.7 Å². The van der Waals surface area contributed by atoms with E-state index < -0.39 is 30.4 Å². The topological polar surface area (TPSA) is 43.4 Å². The molecular weight excluding hydrogens is 567 g/mol. The van der Waals surface area contributed by atoms with Crippen LogP contribution in [0.4, 0.5) is 0 Å². The van der Waals surface area contributed by atoms with Gasteiger partial charge in [0.05, 0.1) is 0 Å². The molecule has 6 aromatic carbocycles. The number of hydrogen-bond acceptors (Lipinski definition) is 3. The summed E-state index contributed by atoms with van der Waals surface area (Å²) in [6.45, 7) is 4.05. The van der Waals surface area contributed by atoms with E-state index in [0.29, 0.717) is 5.39 Å². The maximum atomic E-state index is 13.9. The Morgan fingerprint density at radius 1 is 0.571 bits per heavy atom. The summed E-state index contributed by atoms with van der Waals surface area (Å²) in [4.78, 5) is 0.227. The first-order chi connectivity index (χ1) is 16.9. The van der Waals surface area contributed by atoms with Crippen LogP contribution in [-0.2, 0) is 12.6 Å². The van der Waals surface area contributed by atoms with Gasteiger partial charge in [0, 0.05) is 0 Å². The summed E-state index contributed by atoms with van der Waals surface area (Å²) < 4.78 is 35.9. The van der Waals surface area contributed by atoms with Crippen molar-refractivity contribution in [3.8, 4) is 0 Å². The summed E-state index contributed by atoms with van der Waals surface area (Å²) in [6, 6.07) is 33.9. The van der Waals surface area contributed by atoms with Gasteiger partial charge >= 0.3 is 214 Å². The molecule has 0 unspecified atom stereocenters. The van der Waals surface area contributed by atoms with Crippen LogP contribution < -0.4 is 0 Å². The summed E-state index contributed by atoms with van der Waals surface area (Å²) in [6.07, 6.45) is 0. The van der Waals surface area contributed by atoms with Gasteiger partial charge in [0.25, 0.3) is 0 Å². The first kappa shape index (κ1) is 22.5. The fourth-order valence-corrected chi connectivity index (χ4v) is 11.6. The van der Waals surface area contributed by atoms with E-state index in [4.69, 9.17) is 2.51 Å². The molecule has 5 heteroatoms. The van der Waals surface area contributed by atoms with Crippen LogP contribution in [0.1, 0.15) is 11.1 Å². The van der Waals surface area contributed by atoms with E-state index in [-0.39, 0.29) is 4.90 Å². The van der Waals surface area contributed by atoms with E-state index in [1.54, 1.807) is 6.07 Å². The molecule has 0 aliphatic carbocycles. The molecular formula is C30H23IO3S. The number of hydrogen-bond donors (Lipinski definition) is 0. The number of halogens is 1. The first-order valence-electron chi connectivity index (χ1n) is 11.4. The normalized spacial score (nSPS) is 12.6. The number of benzene rings is 6. The van der Waals surface area contributed by atoms with E-state index in [1.807, 2.05) is 86.6 Å². The predicted octanol–water partition coefficient (Wildman–Crippen LogP) is 8.07. The van der Waals surface area contributed by atoms with Crippen LogP contribution in [0.25, 0.3) is 32.3 Å². The zero-order chi connectivity index (χ0) is 24.2. The third-order valence-corrected chi connectivity index (χ3v) is 13.7. The quantitative estimate of drug-likeness (QED) is 0.151. The Hall–Kier alpha value is -3.00. The predicted molar refractivity (Wildman–Crippen MR) is 152 cm³/mol. The van der Waals surface area contributed by atoms with E-state index in [0.717, 1.165) is 45.2 Å². The van der Waals surface area contributed by atoms with Crippen molar-refractivity contribution in [1.29, 1.82) is 0 Å². The number of rotatable bonds is 5. The Labute approximate surface area is 212 Å². The first-order valence-corrected chi connectivity index (χ1v) is 15.8. The van der Waals surface area contributed by atoms with Gasteiger partial charge < -0.3 is 0 Å². The zero-order valence-electron chi connectivity index (χ0n) is 19.3. The van der Waals surface area contributed by atoms with Crippen molar-refractivity contribution in [2.45, 2.75) is 18.7 Å².